The fraction of sp³-hybridized carbons (Fsp3) is 0.500. The highest BCUT2D eigenvalue weighted by atomic mass is 16.2. The van der Waals surface area contributed by atoms with E-state index < -0.39 is 0 Å². The van der Waals surface area contributed by atoms with Crippen molar-refractivity contribution < 1.29 is 9.59 Å². The Labute approximate surface area is 124 Å². The van der Waals surface area contributed by atoms with Gasteiger partial charge in [-0.3, -0.25) is 9.69 Å². The Kier molecular flexibility index (Phi) is 3.82. The zero-order chi connectivity index (χ0) is 14.8. The molecule has 21 heavy (non-hydrogen) atoms. The van der Waals surface area contributed by atoms with Gasteiger partial charge in [0.1, 0.15) is 0 Å². The quantitative estimate of drug-likeness (QED) is 0.864. The van der Waals surface area contributed by atoms with Gasteiger partial charge >= 0.3 is 6.03 Å². The summed E-state index contributed by atoms with van der Waals surface area (Å²) in [6.07, 6.45) is 2.31. The molecule has 1 atom stereocenters. The minimum absolute atomic E-state index is 0.128. The van der Waals surface area contributed by atoms with Crippen LogP contribution in [0.2, 0.25) is 0 Å². The molecule has 112 valence electrons. The SMILES string of the molecule is CC1CCCN(CCN2C(=O)CNC2=O)c2ccccc21. The summed E-state index contributed by atoms with van der Waals surface area (Å²) in [6.45, 7) is 4.52. The van der Waals surface area contributed by atoms with Gasteiger partial charge < -0.3 is 10.2 Å². The monoisotopic (exact) mass is 287 g/mol. The van der Waals surface area contributed by atoms with E-state index in [2.05, 4.69) is 41.4 Å². The number of nitrogens with one attached hydrogen (secondary N) is 1. The summed E-state index contributed by atoms with van der Waals surface area (Å²) in [5.41, 5.74) is 2.61. The normalized spacial score (nSPS) is 22.0. The number of carbonyl (C=O) groups excluding carboxylic acids is 2. The predicted octanol–water partition coefficient (Wildman–Crippen LogP) is 1.94. The molecular weight excluding hydrogens is 266 g/mol. The van der Waals surface area contributed by atoms with Crippen LogP contribution in [0.5, 0.6) is 0 Å². The van der Waals surface area contributed by atoms with Crippen LogP contribution in [0.15, 0.2) is 24.3 Å². The number of hydrogen-bond donors (Lipinski definition) is 1. The highest BCUT2D eigenvalue weighted by molar-refractivity contribution is 6.01. The predicted molar refractivity (Wildman–Crippen MR) is 81.4 cm³/mol. The summed E-state index contributed by atoms with van der Waals surface area (Å²) in [4.78, 5) is 26.9. The lowest BCUT2D eigenvalue weighted by Gasteiger charge is -2.27. The van der Waals surface area contributed by atoms with Crippen LogP contribution in [0.1, 0.15) is 31.2 Å². The number of amides is 3. The number of para-hydroxylation sites is 1. The second-order valence-electron chi connectivity index (χ2n) is 5.79. The summed E-state index contributed by atoms with van der Waals surface area (Å²) in [7, 11) is 0. The average molecular weight is 287 g/mol. The lowest BCUT2D eigenvalue weighted by molar-refractivity contribution is -0.124. The van der Waals surface area contributed by atoms with Crippen molar-refractivity contribution in [2.75, 3.05) is 31.1 Å². The second-order valence-corrected chi connectivity index (χ2v) is 5.79. The highest BCUT2D eigenvalue weighted by Gasteiger charge is 2.29. The molecule has 1 saturated heterocycles. The van der Waals surface area contributed by atoms with Gasteiger partial charge in [-0.2, -0.15) is 0 Å². The van der Waals surface area contributed by atoms with Gasteiger partial charge in [0, 0.05) is 25.3 Å². The number of rotatable bonds is 3. The first-order valence-electron chi connectivity index (χ1n) is 7.59. The van der Waals surface area contributed by atoms with E-state index in [9.17, 15) is 9.59 Å². The first-order chi connectivity index (χ1) is 10.2. The molecule has 2 heterocycles. The van der Waals surface area contributed by atoms with Crippen LogP contribution in [0.3, 0.4) is 0 Å². The number of imide groups is 1. The molecule has 1 fully saturated rings. The minimum Gasteiger partial charge on any atom is -0.370 e. The Hall–Kier alpha value is -2.04. The van der Waals surface area contributed by atoms with Crippen LogP contribution < -0.4 is 10.2 Å². The van der Waals surface area contributed by atoms with Crippen LogP contribution in [-0.2, 0) is 4.79 Å². The van der Waals surface area contributed by atoms with Crippen LogP contribution in [-0.4, -0.2) is 43.0 Å². The number of urea groups is 1. The molecule has 2 aliphatic rings. The Morgan fingerprint density at radius 2 is 2.05 bits per heavy atom. The van der Waals surface area contributed by atoms with E-state index in [1.165, 1.54) is 22.6 Å². The van der Waals surface area contributed by atoms with Crippen molar-refractivity contribution in [3.8, 4) is 0 Å². The third kappa shape index (κ3) is 2.73. The van der Waals surface area contributed by atoms with Crippen LogP contribution in [0.4, 0.5) is 10.5 Å². The Morgan fingerprint density at radius 3 is 2.81 bits per heavy atom. The maximum absolute atomic E-state index is 11.6. The fourth-order valence-corrected chi connectivity index (χ4v) is 3.19. The molecule has 3 rings (SSSR count). The zero-order valence-electron chi connectivity index (χ0n) is 12.3. The van der Waals surface area contributed by atoms with E-state index in [0.29, 0.717) is 19.0 Å². The average Bonchev–Trinajstić information content (AvgIpc) is 2.72. The number of benzene rings is 1. The first kappa shape index (κ1) is 13.9. The third-order valence-electron chi connectivity index (χ3n) is 4.40. The van der Waals surface area contributed by atoms with E-state index >= 15 is 0 Å². The molecular formula is C16H21N3O2. The molecule has 0 saturated carbocycles. The maximum Gasteiger partial charge on any atom is 0.324 e. The number of nitrogens with zero attached hydrogens (tertiary/aromatic N) is 2. The minimum atomic E-state index is -0.267. The number of hydrogen-bond acceptors (Lipinski definition) is 3. The van der Waals surface area contributed by atoms with Crippen molar-refractivity contribution in [1.29, 1.82) is 0 Å². The molecule has 1 aromatic carbocycles. The molecule has 5 nitrogen and oxygen atoms in total. The van der Waals surface area contributed by atoms with Crippen LogP contribution >= 0.6 is 0 Å². The molecule has 0 aliphatic carbocycles. The van der Waals surface area contributed by atoms with E-state index in [1.807, 2.05) is 0 Å². The van der Waals surface area contributed by atoms with Gasteiger partial charge in [0.25, 0.3) is 0 Å². The van der Waals surface area contributed by atoms with Gasteiger partial charge in [0.15, 0.2) is 0 Å². The van der Waals surface area contributed by atoms with Gasteiger partial charge in [0.05, 0.1) is 6.54 Å². The number of fused-ring (bicyclic) bond motifs is 1. The molecule has 0 bridgehead atoms. The molecule has 0 aromatic heterocycles. The maximum atomic E-state index is 11.6. The third-order valence-corrected chi connectivity index (χ3v) is 4.40. The van der Waals surface area contributed by atoms with Crippen molar-refractivity contribution in [3.05, 3.63) is 29.8 Å². The molecule has 2 aliphatic heterocycles. The van der Waals surface area contributed by atoms with E-state index in [-0.39, 0.29) is 18.5 Å². The Bertz CT molecular complexity index is 542. The Balaban J connectivity index is 1.74. The van der Waals surface area contributed by atoms with E-state index in [0.717, 1.165) is 13.0 Å². The largest absolute Gasteiger partial charge is 0.370 e. The lowest BCUT2D eigenvalue weighted by atomic mass is 9.96. The van der Waals surface area contributed by atoms with Gasteiger partial charge in [-0.25, -0.2) is 4.79 Å². The second kappa shape index (κ2) is 5.76. The summed E-state index contributed by atoms with van der Waals surface area (Å²) in [6, 6.07) is 8.19. The summed E-state index contributed by atoms with van der Waals surface area (Å²) in [5.74, 6) is 0.430. The van der Waals surface area contributed by atoms with Crippen molar-refractivity contribution in [1.82, 2.24) is 10.2 Å². The topological polar surface area (TPSA) is 52.6 Å². The van der Waals surface area contributed by atoms with Crippen molar-refractivity contribution in [2.45, 2.75) is 25.7 Å². The van der Waals surface area contributed by atoms with Gasteiger partial charge in [0.2, 0.25) is 5.91 Å². The molecule has 0 spiro atoms. The zero-order valence-corrected chi connectivity index (χ0v) is 12.3. The number of carbonyl (C=O) groups is 2. The van der Waals surface area contributed by atoms with Crippen LogP contribution in [0.25, 0.3) is 0 Å². The Morgan fingerprint density at radius 1 is 1.24 bits per heavy atom. The summed E-state index contributed by atoms with van der Waals surface area (Å²) < 4.78 is 0. The standard InChI is InChI=1S/C16H21N3O2/c1-12-5-4-8-18(14-7-3-2-6-13(12)14)9-10-19-15(20)11-17-16(19)21/h2-3,6-7,12H,4-5,8-11H2,1H3,(H,17,21). The van der Waals surface area contributed by atoms with Crippen molar-refractivity contribution in [3.63, 3.8) is 0 Å². The van der Waals surface area contributed by atoms with Crippen LogP contribution in [0, 0.1) is 0 Å². The molecule has 0 radical (unpaired) electrons. The first-order valence-corrected chi connectivity index (χ1v) is 7.59. The van der Waals surface area contributed by atoms with E-state index in [1.54, 1.807) is 0 Å². The molecule has 5 heteroatoms. The summed E-state index contributed by atoms with van der Waals surface area (Å²) in [5, 5.41) is 2.56. The van der Waals surface area contributed by atoms with E-state index in [4.69, 9.17) is 0 Å². The summed E-state index contributed by atoms with van der Waals surface area (Å²) >= 11 is 0. The fourth-order valence-electron chi connectivity index (χ4n) is 3.19. The molecule has 1 unspecified atom stereocenters. The van der Waals surface area contributed by atoms with Crippen molar-refractivity contribution in [2.24, 2.45) is 0 Å². The highest BCUT2D eigenvalue weighted by Crippen LogP contribution is 2.33. The molecule has 3 amide bonds. The lowest BCUT2D eigenvalue weighted by Crippen LogP contribution is -2.39. The smallest absolute Gasteiger partial charge is 0.324 e. The van der Waals surface area contributed by atoms with Gasteiger partial charge in [-0.1, -0.05) is 25.1 Å². The molecule has 1 aromatic rings. The molecule has 1 N–H and O–H groups in total. The van der Waals surface area contributed by atoms with Crippen molar-refractivity contribution >= 4 is 17.6 Å². The van der Waals surface area contributed by atoms with Gasteiger partial charge in [-0.15, -0.1) is 0 Å². The number of anilines is 1. The van der Waals surface area contributed by atoms with Gasteiger partial charge in [-0.05, 0) is 30.4 Å².